The monoisotopic (exact) mass is 196 g/mol. The van der Waals surface area contributed by atoms with Crippen molar-refractivity contribution in [2.45, 2.75) is 25.0 Å². The van der Waals surface area contributed by atoms with E-state index in [1.54, 1.807) is 0 Å². The van der Waals surface area contributed by atoms with Gasteiger partial charge in [-0.25, -0.2) is 0 Å². The standard InChI is InChI=1S/C10H16N2O2/c13-10(7-1-2-11-4-7)12-5-9-3-8(12)6-14-9/h7-9,11H,1-6H2/t7-,8+,9-/m1/s1. The Morgan fingerprint density at radius 1 is 1.50 bits per heavy atom. The number of likely N-dealkylation sites (tertiary alicyclic amines) is 1. The molecular weight excluding hydrogens is 180 g/mol. The van der Waals surface area contributed by atoms with Crippen LogP contribution < -0.4 is 5.32 Å². The van der Waals surface area contributed by atoms with Gasteiger partial charge in [-0.3, -0.25) is 4.79 Å². The second-order valence-corrected chi connectivity index (χ2v) is 4.53. The van der Waals surface area contributed by atoms with E-state index in [2.05, 4.69) is 5.32 Å². The average Bonchev–Trinajstić information content (AvgIpc) is 2.93. The number of ether oxygens (including phenoxy) is 1. The first-order chi connectivity index (χ1) is 6.84. The number of morpholine rings is 1. The van der Waals surface area contributed by atoms with E-state index in [1.807, 2.05) is 4.90 Å². The zero-order valence-electron chi connectivity index (χ0n) is 8.24. The maximum Gasteiger partial charge on any atom is 0.227 e. The number of nitrogens with zero attached hydrogens (tertiary/aromatic N) is 1. The molecule has 0 radical (unpaired) electrons. The molecule has 3 rings (SSSR count). The number of fused-ring (bicyclic) bond motifs is 2. The second-order valence-electron chi connectivity index (χ2n) is 4.53. The maximum atomic E-state index is 12.1. The molecule has 3 saturated heterocycles. The van der Waals surface area contributed by atoms with Crippen LogP contribution in [0, 0.1) is 5.92 Å². The Hall–Kier alpha value is -0.610. The molecule has 0 spiro atoms. The fraction of sp³-hybridized carbons (Fsp3) is 0.900. The molecule has 3 heterocycles. The molecule has 4 nitrogen and oxygen atoms in total. The van der Waals surface area contributed by atoms with Crippen LogP contribution in [-0.4, -0.2) is 49.2 Å². The molecule has 78 valence electrons. The first kappa shape index (κ1) is 8.68. The number of rotatable bonds is 1. The second kappa shape index (κ2) is 3.21. The van der Waals surface area contributed by atoms with Gasteiger partial charge < -0.3 is 15.0 Å². The van der Waals surface area contributed by atoms with E-state index in [0.29, 0.717) is 18.1 Å². The van der Waals surface area contributed by atoms with Gasteiger partial charge in [-0.2, -0.15) is 0 Å². The third-order valence-electron chi connectivity index (χ3n) is 3.59. The van der Waals surface area contributed by atoms with Gasteiger partial charge in [0.1, 0.15) is 0 Å². The fourth-order valence-electron chi connectivity index (χ4n) is 2.77. The Morgan fingerprint density at radius 3 is 3.00 bits per heavy atom. The molecule has 0 aromatic rings. The Morgan fingerprint density at radius 2 is 2.43 bits per heavy atom. The van der Waals surface area contributed by atoms with Crippen molar-refractivity contribution in [3.63, 3.8) is 0 Å². The highest BCUT2D eigenvalue weighted by atomic mass is 16.5. The minimum atomic E-state index is 0.231. The lowest BCUT2D eigenvalue weighted by Gasteiger charge is -2.29. The average molecular weight is 196 g/mol. The molecule has 0 aromatic heterocycles. The van der Waals surface area contributed by atoms with Crippen LogP contribution in [0.5, 0.6) is 0 Å². The van der Waals surface area contributed by atoms with Gasteiger partial charge in [-0.05, 0) is 19.4 Å². The van der Waals surface area contributed by atoms with Gasteiger partial charge in [0.2, 0.25) is 5.91 Å². The number of amides is 1. The van der Waals surface area contributed by atoms with Gasteiger partial charge in [-0.1, -0.05) is 0 Å². The SMILES string of the molecule is O=C([C@@H]1CCNC1)N1C[C@H]2C[C@H]1CO2. The van der Waals surface area contributed by atoms with Crippen LogP contribution >= 0.6 is 0 Å². The van der Waals surface area contributed by atoms with Crippen molar-refractivity contribution < 1.29 is 9.53 Å². The third-order valence-corrected chi connectivity index (χ3v) is 3.59. The summed E-state index contributed by atoms with van der Waals surface area (Å²) < 4.78 is 5.49. The molecule has 14 heavy (non-hydrogen) atoms. The molecule has 4 heteroatoms. The Kier molecular flexibility index (Phi) is 1.99. The number of hydrogen-bond donors (Lipinski definition) is 1. The Balaban J connectivity index is 1.67. The van der Waals surface area contributed by atoms with Crippen LogP contribution in [0.1, 0.15) is 12.8 Å². The molecule has 3 aliphatic rings. The lowest BCUT2D eigenvalue weighted by atomic mass is 10.1. The zero-order chi connectivity index (χ0) is 9.54. The number of carbonyl (C=O) groups is 1. The van der Waals surface area contributed by atoms with Crippen molar-refractivity contribution in [3.05, 3.63) is 0 Å². The normalized spacial score (nSPS) is 40.9. The predicted molar refractivity (Wildman–Crippen MR) is 50.8 cm³/mol. The highest BCUT2D eigenvalue weighted by Gasteiger charge is 2.43. The zero-order valence-corrected chi connectivity index (χ0v) is 8.24. The summed E-state index contributed by atoms with van der Waals surface area (Å²) in [7, 11) is 0. The van der Waals surface area contributed by atoms with Crippen molar-refractivity contribution in [2.24, 2.45) is 5.92 Å². The molecule has 1 amide bonds. The number of carbonyl (C=O) groups excluding carboxylic acids is 1. The van der Waals surface area contributed by atoms with Crippen molar-refractivity contribution in [2.75, 3.05) is 26.2 Å². The van der Waals surface area contributed by atoms with Gasteiger partial charge in [-0.15, -0.1) is 0 Å². The van der Waals surface area contributed by atoms with Crippen LogP contribution in [-0.2, 0) is 9.53 Å². The lowest BCUT2D eigenvalue weighted by molar-refractivity contribution is -0.139. The minimum absolute atomic E-state index is 0.231. The lowest BCUT2D eigenvalue weighted by Crippen LogP contribution is -2.44. The summed E-state index contributed by atoms with van der Waals surface area (Å²) in [6, 6.07) is 0.382. The van der Waals surface area contributed by atoms with E-state index >= 15 is 0 Å². The van der Waals surface area contributed by atoms with Crippen LogP contribution in [0.15, 0.2) is 0 Å². The highest BCUT2D eigenvalue weighted by molar-refractivity contribution is 5.80. The fourth-order valence-corrected chi connectivity index (χ4v) is 2.77. The van der Waals surface area contributed by atoms with E-state index in [4.69, 9.17) is 4.74 Å². The first-order valence-electron chi connectivity index (χ1n) is 5.47. The molecule has 3 fully saturated rings. The molecule has 0 aromatic carbocycles. The van der Waals surface area contributed by atoms with Crippen LogP contribution in [0.3, 0.4) is 0 Å². The van der Waals surface area contributed by atoms with Gasteiger partial charge in [0, 0.05) is 13.1 Å². The van der Waals surface area contributed by atoms with Crippen molar-refractivity contribution in [3.8, 4) is 0 Å². The molecule has 3 atom stereocenters. The summed E-state index contributed by atoms with van der Waals surface area (Å²) in [5.74, 6) is 0.583. The minimum Gasteiger partial charge on any atom is -0.374 e. The van der Waals surface area contributed by atoms with Gasteiger partial charge in [0.05, 0.1) is 24.7 Å². The largest absolute Gasteiger partial charge is 0.374 e. The Labute approximate surface area is 83.6 Å². The van der Waals surface area contributed by atoms with E-state index in [0.717, 1.165) is 39.1 Å². The summed E-state index contributed by atoms with van der Waals surface area (Å²) in [4.78, 5) is 14.1. The van der Waals surface area contributed by atoms with Gasteiger partial charge in [0.15, 0.2) is 0 Å². The predicted octanol–water partition coefficient (Wildman–Crippen LogP) is -0.404. The van der Waals surface area contributed by atoms with Crippen molar-refractivity contribution in [1.29, 1.82) is 0 Å². The summed E-state index contributed by atoms with van der Waals surface area (Å²) in [5.41, 5.74) is 0. The molecule has 1 N–H and O–H groups in total. The van der Waals surface area contributed by atoms with Crippen molar-refractivity contribution in [1.82, 2.24) is 10.2 Å². The first-order valence-corrected chi connectivity index (χ1v) is 5.47. The summed E-state index contributed by atoms with van der Waals surface area (Å²) in [6.45, 7) is 3.46. The third kappa shape index (κ3) is 1.25. The smallest absolute Gasteiger partial charge is 0.227 e. The molecule has 0 aliphatic carbocycles. The molecular formula is C10H16N2O2. The Bertz CT molecular complexity index is 251. The highest BCUT2D eigenvalue weighted by Crippen LogP contribution is 2.29. The van der Waals surface area contributed by atoms with E-state index in [1.165, 1.54) is 0 Å². The van der Waals surface area contributed by atoms with E-state index < -0.39 is 0 Å². The van der Waals surface area contributed by atoms with E-state index in [-0.39, 0.29) is 5.92 Å². The van der Waals surface area contributed by atoms with Gasteiger partial charge >= 0.3 is 0 Å². The number of nitrogens with one attached hydrogen (secondary N) is 1. The van der Waals surface area contributed by atoms with Crippen molar-refractivity contribution >= 4 is 5.91 Å². The molecule has 0 saturated carbocycles. The topological polar surface area (TPSA) is 41.6 Å². The van der Waals surface area contributed by atoms with Crippen LogP contribution in [0.4, 0.5) is 0 Å². The summed E-state index contributed by atoms with van der Waals surface area (Å²) in [6.07, 6.45) is 2.40. The van der Waals surface area contributed by atoms with Crippen LogP contribution in [0.25, 0.3) is 0 Å². The van der Waals surface area contributed by atoms with E-state index in [9.17, 15) is 4.79 Å². The number of hydrogen-bond acceptors (Lipinski definition) is 3. The maximum absolute atomic E-state index is 12.1. The molecule has 3 aliphatic heterocycles. The molecule has 2 bridgehead atoms. The molecule has 0 unspecified atom stereocenters. The van der Waals surface area contributed by atoms with Crippen LogP contribution in [0.2, 0.25) is 0 Å². The summed E-state index contributed by atoms with van der Waals surface area (Å²) >= 11 is 0. The summed E-state index contributed by atoms with van der Waals surface area (Å²) in [5, 5.41) is 3.24. The quantitative estimate of drug-likeness (QED) is 0.620. The van der Waals surface area contributed by atoms with Gasteiger partial charge in [0.25, 0.3) is 0 Å².